The molecular formula is C17H18N2O. The highest BCUT2D eigenvalue weighted by Gasteiger charge is 2.11. The van der Waals surface area contributed by atoms with Crippen molar-refractivity contribution in [1.29, 1.82) is 5.26 Å². The lowest BCUT2D eigenvalue weighted by molar-refractivity contribution is 0.659. The van der Waals surface area contributed by atoms with Crippen molar-refractivity contribution in [2.24, 2.45) is 0 Å². The monoisotopic (exact) mass is 266 g/mol. The first-order valence-electron chi connectivity index (χ1n) is 6.80. The molecule has 0 bridgehead atoms. The molecule has 3 nitrogen and oxygen atoms in total. The molecular weight excluding hydrogens is 248 g/mol. The fourth-order valence-corrected chi connectivity index (χ4v) is 2.45. The third-order valence-corrected chi connectivity index (χ3v) is 3.40. The number of hydrogen-bond donors (Lipinski definition) is 0. The molecule has 0 spiro atoms. The fraction of sp³-hybridized carbons (Fsp3) is 0.294. The Bertz CT molecular complexity index is 736. The van der Waals surface area contributed by atoms with Gasteiger partial charge in [0.2, 0.25) is 0 Å². The third-order valence-electron chi connectivity index (χ3n) is 3.40. The molecule has 0 aliphatic rings. The Morgan fingerprint density at radius 1 is 1.20 bits per heavy atom. The molecule has 0 unspecified atom stereocenters. The quantitative estimate of drug-likeness (QED) is 0.854. The molecule has 0 N–H and O–H groups in total. The average molecular weight is 266 g/mol. The molecule has 1 aromatic heterocycles. The lowest BCUT2D eigenvalue weighted by Gasteiger charge is -2.15. The van der Waals surface area contributed by atoms with Gasteiger partial charge in [-0.05, 0) is 38.0 Å². The molecule has 0 fully saturated rings. The first-order valence-corrected chi connectivity index (χ1v) is 6.80. The number of aromatic nitrogens is 1. The molecule has 0 aliphatic carbocycles. The fourth-order valence-electron chi connectivity index (χ4n) is 2.45. The van der Waals surface area contributed by atoms with E-state index in [1.165, 1.54) is 5.56 Å². The SMILES string of the molecule is CCCn1c(-c2ccc(C)cc2C)ccc(C#N)c1=O. The van der Waals surface area contributed by atoms with E-state index in [4.69, 9.17) is 5.26 Å². The van der Waals surface area contributed by atoms with Gasteiger partial charge in [-0.1, -0.05) is 30.7 Å². The van der Waals surface area contributed by atoms with Gasteiger partial charge in [0.15, 0.2) is 0 Å². The predicted octanol–water partition coefficient (Wildman–Crippen LogP) is 3.41. The second-order valence-electron chi connectivity index (χ2n) is 5.02. The van der Waals surface area contributed by atoms with E-state index >= 15 is 0 Å². The Labute approximate surface area is 119 Å². The van der Waals surface area contributed by atoms with Gasteiger partial charge in [-0.2, -0.15) is 5.26 Å². The highest BCUT2D eigenvalue weighted by atomic mass is 16.1. The predicted molar refractivity (Wildman–Crippen MR) is 80.6 cm³/mol. The van der Waals surface area contributed by atoms with Gasteiger partial charge in [-0.15, -0.1) is 0 Å². The van der Waals surface area contributed by atoms with Crippen LogP contribution in [-0.4, -0.2) is 4.57 Å². The lowest BCUT2D eigenvalue weighted by atomic mass is 10.0. The molecule has 0 saturated heterocycles. The molecule has 0 aliphatic heterocycles. The Hall–Kier alpha value is -2.34. The van der Waals surface area contributed by atoms with Crippen LogP contribution >= 0.6 is 0 Å². The molecule has 0 radical (unpaired) electrons. The Kier molecular flexibility index (Phi) is 4.05. The number of benzene rings is 1. The minimum absolute atomic E-state index is 0.201. The standard InChI is InChI=1S/C17H18N2O/c1-4-9-19-16(8-6-14(11-18)17(19)20)15-7-5-12(2)10-13(15)3/h5-8,10H,4,9H2,1-3H3. The Morgan fingerprint density at radius 3 is 2.55 bits per heavy atom. The number of nitrogens with zero attached hydrogens (tertiary/aromatic N) is 2. The summed E-state index contributed by atoms with van der Waals surface area (Å²) in [7, 11) is 0. The van der Waals surface area contributed by atoms with Gasteiger partial charge in [0.05, 0.1) is 5.69 Å². The van der Waals surface area contributed by atoms with Gasteiger partial charge in [0.1, 0.15) is 11.6 Å². The zero-order valence-electron chi connectivity index (χ0n) is 12.1. The first-order chi connectivity index (χ1) is 9.58. The molecule has 2 rings (SSSR count). The zero-order valence-corrected chi connectivity index (χ0v) is 12.1. The van der Waals surface area contributed by atoms with Crippen molar-refractivity contribution in [3.63, 3.8) is 0 Å². The van der Waals surface area contributed by atoms with Crippen LogP contribution < -0.4 is 5.56 Å². The van der Waals surface area contributed by atoms with Crippen LogP contribution in [-0.2, 0) is 6.54 Å². The van der Waals surface area contributed by atoms with Gasteiger partial charge in [0, 0.05) is 12.1 Å². The van der Waals surface area contributed by atoms with Gasteiger partial charge in [-0.3, -0.25) is 4.79 Å². The number of nitriles is 1. The highest BCUT2D eigenvalue weighted by Crippen LogP contribution is 2.23. The molecule has 20 heavy (non-hydrogen) atoms. The lowest BCUT2D eigenvalue weighted by Crippen LogP contribution is -2.24. The minimum atomic E-state index is -0.202. The van der Waals surface area contributed by atoms with E-state index in [1.54, 1.807) is 10.6 Å². The van der Waals surface area contributed by atoms with Crippen LogP contribution in [0.2, 0.25) is 0 Å². The normalized spacial score (nSPS) is 10.3. The van der Waals surface area contributed by atoms with Crippen LogP contribution in [0.5, 0.6) is 0 Å². The Morgan fingerprint density at radius 2 is 1.95 bits per heavy atom. The molecule has 0 saturated carbocycles. The van der Waals surface area contributed by atoms with E-state index in [2.05, 4.69) is 13.0 Å². The number of pyridine rings is 1. The van der Waals surface area contributed by atoms with Crippen LogP contribution in [0.3, 0.4) is 0 Å². The summed E-state index contributed by atoms with van der Waals surface area (Å²) >= 11 is 0. The van der Waals surface area contributed by atoms with Gasteiger partial charge < -0.3 is 4.57 Å². The maximum absolute atomic E-state index is 12.3. The van der Waals surface area contributed by atoms with E-state index in [0.717, 1.165) is 23.2 Å². The third kappa shape index (κ3) is 2.50. The summed E-state index contributed by atoms with van der Waals surface area (Å²) in [5, 5.41) is 9.00. The van der Waals surface area contributed by atoms with Crippen molar-refractivity contribution in [1.82, 2.24) is 4.57 Å². The average Bonchev–Trinajstić information content (AvgIpc) is 2.42. The highest BCUT2D eigenvalue weighted by molar-refractivity contribution is 5.65. The second kappa shape index (κ2) is 5.75. The summed E-state index contributed by atoms with van der Waals surface area (Å²) in [6.07, 6.45) is 0.854. The summed E-state index contributed by atoms with van der Waals surface area (Å²) in [6.45, 7) is 6.74. The smallest absolute Gasteiger partial charge is 0.268 e. The zero-order chi connectivity index (χ0) is 14.7. The second-order valence-corrected chi connectivity index (χ2v) is 5.02. The van der Waals surface area contributed by atoms with Gasteiger partial charge in [-0.25, -0.2) is 0 Å². The van der Waals surface area contributed by atoms with Crippen LogP contribution in [0.25, 0.3) is 11.3 Å². The molecule has 1 aromatic carbocycles. The van der Waals surface area contributed by atoms with Crippen LogP contribution in [0.15, 0.2) is 35.1 Å². The van der Waals surface area contributed by atoms with Crippen molar-refractivity contribution in [3.05, 3.63) is 57.4 Å². The van der Waals surface area contributed by atoms with E-state index < -0.39 is 0 Å². The van der Waals surface area contributed by atoms with Crippen molar-refractivity contribution < 1.29 is 0 Å². The van der Waals surface area contributed by atoms with Crippen molar-refractivity contribution >= 4 is 0 Å². The van der Waals surface area contributed by atoms with Crippen LogP contribution in [0.4, 0.5) is 0 Å². The number of aryl methyl sites for hydroxylation is 2. The van der Waals surface area contributed by atoms with E-state index in [0.29, 0.717) is 6.54 Å². The number of hydrogen-bond acceptors (Lipinski definition) is 2. The molecule has 0 atom stereocenters. The largest absolute Gasteiger partial charge is 0.307 e. The molecule has 1 heterocycles. The summed E-state index contributed by atoms with van der Waals surface area (Å²) in [6, 6.07) is 11.6. The van der Waals surface area contributed by atoms with Crippen molar-refractivity contribution in [2.75, 3.05) is 0 Å². The minimum Gasteiger partial charge on any atom is -0.307 e. The molecule has 0 amide bonds. The Balaban J connectivity index is 2.71. The van der Waals surface area contributed by atoms with Gasteiger partial charge >= 0.3 is 0 Å². The van der Waals surface area contributed by atoms with Crippen LogP contribution in [0, 0.1) is 25.2 Å². The summed E-state index contributed by atoms with van der Waals surface area (Å²) < 4.78 is 1.70. The summed E-state index contributed by atoms with van der Waals surface area (Å²) in [4.78, 5) is 12.3. The summed E-state index contributed by atoms with van der Waals surface area (Å²) in [5.41, 5.74) is 4.26. The van der Waals surface area contributed by atoms with Crippen molar-refractivity contribution in [2.45, 2.75) is 33.7 Å². The topological polar surface area (TPSA) is 45.8 Å². The maximum atomic E-state index is 12.3. The summed E-state index contributed by atoms with van der Waals surface area (Å²) in [5.74, 6) is 0. The van der Waals surface area contributed by atoms with E-state index in [-0.39, 0.29) is 11.1 Å². The maximum Gasteiger partial charge on any atom is 0.268 e. The molecule has 102 valence electrons. The van der Waals surface area contributed by atoms with E-state index in [1.807, 2.05) is 38.1 Å². The number of rotatable bonds is 3. The molecule has 2 aromatic rings. The van der Waals surface area contributed by atoms with Gasteiger partial charge in [0.25, 0.3) is 5.56 Å². The van der Waals surface area contributed by atoms with Crippen molar-refractivity contribution in [3.8, 4) is 17.3 Å². The van der Waals surface area contributed by atoms with E-state index in [9.17, 15) is 4.79 Å². The first kappa shape index (κ1) is 14.1. The molecule has 3 heteroatoms. The van der Waals surface area contributed by atoms with Crippen LogP contribution in [0.1, 0.15) is 30.0 Å².